The number of hydrogen-bond donors (Lipinski definition) is 1. The third-order valence-electron chi connectivity index (χ3n) is 2.75. The van der Waals surface area contributed by atoms with Crippen LogP contribution in [0.3, 0.4) is 0 Å². The minimum absolute atomic E-state index is 0.491. The number of fused-ring (bicyclic) bond motifs is 1. The lowest BCUT2D eigenvalue weighted by Crippen LogP contribution is -1.95. The smallest absolute Gasteiger partial charge is 0.132 e. The Morgan fingerprint density at radius 2 is 1.89 bits per heavy atom. The lowest BCUT2D eigenvalue weighted by molar-refractivity contribution is 1.26. The number of nitrogen functional groups attached to an aromatic ring is 1. The fourth-order valence-corrected chi connectivity index (χ4v) is 2.08. The molecule has 0 radical (unpaired) electrons. The van der Waals surface area contributed by atoms with Gasteiger partial charge in [-0.1, -0.05) is 17.7 Å². The van der Waals surface area contributed by atoms with Gasteiger partial charge in [0.05, 0.1) is 11.4 Å². The number of rotatable bonds is 1. The monoisotopic (exact) mass is 255 g/mol. The van der Waals surface area contributed by atoms with Crippen LogP contribution in [0.25, 0.3) is 22.2 Å². The number of nitrogens with two attached hydrogens (primary N) is 1. The van der Waals surface area contributed by atoms with E-state index in [0.29, 0.717) is 10.8 Å². The summed E-state index contributed by atoms with van der Waals surface area (Å²) in [5, 5.41) is 2.55. The van der Waals surface area contributed by atoms with Gasteiger partial charge in [0.1, 0.15) is 5.82 Å². The van der Waals surface area contributed by atoms with Gasteiger partial charge >= 0.3 is 0 Å². The highest BCUT2D eigenvalue weighted by Crippen LogP contribution is 2.27. The van der Waals surface area contributed by atoms with Crippen LogP contribution < -0.4 is 5.73 Å². The third kappa shape index (κ3) is 1.89. The normalized spacial score (nSPS) is 10.7. The van der Waals surface area contributed by atoms with Crippen LogP contribution in [0, 0.1) is 0 Å². The van der Waals surface area contributed by atoms with Gasteiger partial charge in [-0.25, -0.2) is 4.98 Å². The molecule has 0 saturated carbocycles. The molecule has 4 heteroatoms. The molecule has 3 rings (SSSR count). The van der Waals surface area contributed by atoms with Gasteiger partial charge in [0.25, 0.3) is 0 Å². The van der Waals surface area contributed by atoms with Crippen LogP contribution in [0.2, 0.25) is 5.02 Å². The van der Waals surface area contributed by atoms with Gasteiger partial charge in [0.15, 0.2) is 0 Å². The second kappa shape index (κ2) is 4.27. The molecule has 0 aliphatic heterocycles. The number of benzene rings is 1. The van der Waals surface area contributed by atoms with Crippen LogP contribution in [0.1, 0.15) is 0 Å². The summed E-state index contributed by atoms with van der Waals surface area (Å²) < 4.78 is 0. The molecule has 2 N–H and O–H groups in total. The van der Waals surface area contributed by atoms with E-state index in [1.807, 2.05) is 42.5 Å². The molecule has 1 aromatic carbocycles. The molecule has 18 heavy (non-hydrogen) atoms. The van der Waals surface area contributed by atoms with E-state index in [4.69, 9.17) is 17.3 Å². The first-order chi connectivity index (χ1) is 8.74. The minimum Gasteiger partial charge on any atom is -0.383 e. The molecule has 2 aromatic heterocycles. The fraction of sp³-hybridized carbons (Fsp3) is 0. The summed E-state index contributed by atoms with van der Waals surface area (Å²) in [5.74, 6) is 0.491. The molecule has 2 heterocycles. The molecule has 3 nitrogen and oxygen atoms in total. The number of aromatic nitrogens is 2. The number of nitrogens with zero attached hydrogens (tertiary/aromatic N) is 2. The molecule has 0 saturated heterocycles. The van der Waals surface area contributed by atoms with Gasteiger partial charge in [-0.15, -0.1) is 0 Å². The third-order valence-corrected chi connectivity index (χ3v) is 2.99. The number of hydrogen-bond acceptors (Lipinski definition) is 3. The zero-order valence-corrected chi connectivity index (χ0v) is 10.2. The van der Waals surface area contributed by atoms with E-state index in [1.165, 1.54) is 0 Å². The average Bonchev–Trinajstić information content (AvgIpc) is 2.39. The molecule has 0 unspecified atom stereocenters. The topological polar surface area (TPSA) is 51.8 Å². The van der Waals surface area contributed by atoms with Crippen molar-refractivity contribution in [2.45, 2.75) is 0 Å². The van der Waals surface area contributed by atoms with Crippen molar-refractivity contribution in [2.75, 3.05) is 5.73 Å². The highest BCUT2D eigenvalue weighted by Gasteiger charge is 2.06. The molecule has 0 spiro atoms. The van der Waals surface area contributed by atoms with Gasteiger partial charge in [-0.2, -0.15) is 0 Å². The molecule has 0 aliphatic carbocycles. The van der Waals surface area contributed by atoms with Crippen molar-refractivity contribution in [3.63, 3.8) is 0 Å². The summed E-state index contributed by atoms with van der Waals surface area (Å²) in [7, 11) is 0. The lowest BCUT2D eigenvalue weighted by atomic mass is 10.1. The van der Waals surface area contributed by atoms with E-state index in [-0.39, 0.29) is 0 Å². The summed E-state index contributed by atoms with van der Waals surface area (Å²) >= 11 is 5.99. The van der Waals surface area contributed by atoms with Gasteiger partial charge in [0.2, 0.25) is 0 Å². The van der Waals surface area contributed by atoms with Crippen LogP contribution in [-0.2, 0) is 0 Å². The van der Waals surface area contributed by atoms with Crippen LogP contribution in [0.5, 0.6) is 0 Å². The van der Waals surface area contributed by atoms with E-state index in [1.54, 1.807) is 6.20 Å². The average molecular weight is 256 g/mol. The highest BCUT2D eigenvalue weighted by molar-refractivity contribution is 6.31. The molecular formula is C14H10ClN3. The number of pyridine rings is 2. The number of anilines is 1. The van der Waals surface area contributed by atoms with Gasteiger partial charge in [-0.3, -0.25) is 4.98 Å². The van der Waals surface area contributed by atoms with Crippen molar-refractivity contribution in [3.05, 3.63) is 53.7 Å². The van der Waals surface area contributed by atoms with Crippen molar-refractivity contribution < 1.29 is 0 Å². The second-order valence-corrected chi connectivity index (χ2v) is 4.41. The first-order valence-corrected chi connectivity index (χ1v) is 5.89. The molecule has 3 aromatic rings. The van der Waals surface area contributed by atoms with E-state index in [9.17, 15) is 0 Å². The molecule has 0 atom stereocenters. The SMILES string of the molecule is Nc1nc(-c2ccccn2)cc2cc(Cl)ccc12. The highest BCUT2D eigenvalue weighted by atomic mass is 35.5. The maximum absolute atomic E-state index is 5.99. The van der Waals surface area contributed by atoms with Crippen LogP contribution in [0.15, 0.2) is 48.7 Å². The Morgan fingerprint density at radius 1 is 1.00 bits per heavy atom. The zero-order valence-electron chi connectivity index (χ0n) is 9.47. The largest absolute Gasteiger partial charge is 0.383 e. The molecule has 0 amide bonds. The molecule has 0 fully saturated rings. The Bertz CT molecular complexity index is 711. The summed E-state index contributed by atoms with van der Waals surface area (Å²) in [6, 6.07) is 13.2. The molecule has 0 aliphatic rings. The Hall–Kier alpha value is -2.13. The Labute approximate surface area is 109 Å². The summed E-state index contributed by atoms with van der Waals surface area (Å²) in [6.45, 7) is 0. The lowest BCUT2D eigenvalue weighted by Gasteiger charge is -2.06. The summed E-state index contributed by atoms with van der Waals surface area (Å²) in [5.41, 5.74) is 7.51. The van der Waals surface area contributed by atoms with Crippen molar-refractivity contribution in [1.29, 1.82) is 0 Å². The van der Waals surface area contributed by atoms with Gasteiger partial charge < -0.3 is 5.73 Å². The van der Waals surface area contributed by atoms with E-state index < -0.39 is 0 Å². The van der Waals surface area contributed by atoms with E-state index in [0.717, 1.165) is 22.2 Å². The Balaban J connectivity index is 2.27. The summed E-state index contributed by atoms with van der Waals surface area (Å²) in [4.78, 5) is 8.64. The molecule has 88 valence electrons. The summed E-state index contributed by atoms with van der Waals surface area (Å²) in [6.07, 6.45) is 1.73. The first kappa shape index (κ1) is 11.0. The van der Waals surface area contributed by atoms with E-state index in [2.05, 4.69) is 9.97 Å². The van der Waals surface area contributed by atoms with Crippen LogP contribution in [-0.4, -0.2) is 9.97 Å². The predicted molar refractivity (Wildman–Crippen MR) is 74.4 cm³/mol. The zero-order chi connectivity index (χ0) is 12.5. The van der Waals surface area contributed by atoms with E-state index >= 15 is 0 Å². The second-order valence-electron chi connectivity index (χ2n) is 3.97. The Morgan fingerprint density at radius 3 is 2.67 bits per heavy atom. The minimum atomic E-state index is 0.491. The fourth-order valence-electron chi connectivity index (χ4n) is 1.90. The number of halogens is 1. The molecule has 0 bridgehead atoms. The van der Waals surface area contributed by atoms with Gasteiger partial charge in [-0.05, 0) is 41.8 Å². The van der Waals surface area contributed by atoms with Crippen LogP contribution in [0.4, 0.5) is 5.82 Å². The van der Waals surface area contributed by atoms with Crippen molar-refractivity contribution in [2.24, 2.45) is 0 Å². The van der Waals surface area contributed by atoms with Crippen molar-refractivity contribution in [1.82, 2.24) is 9.97 Å². The quantitative estimate of drug-likeness (QED) is 0.724. The van der Waals surface area contributed by atoms with Crippen LogP contribution >= 0.6 is 11.6 Å². The maximum atomic E-state index is 5.99. The maximum Gasteiger partial charge on any atom is 0.132 e. The first-order valence-electron chi connectivity index (χ1n) is 5.51. The standard InChI is InChI=1S/C14H10ClN3/c15-10-4-5-11-9(7-10)8-13(18-14(11)16)12-3-1-2-6-17-12/h1-8H,(H2,16,18). The van der Waals surface area contributed by atoms with Crippen molar-refractivity contribution in [3.8, 4) is 11.4 Å². The van der Waals surface area contributed by atoms with Gasteiger partial charge in [0, 0.05) is 16.6 Å². The molecular weight excluding hydrogens is 246 g/mol. The Kier molecular flexibility index (Phi) is 2.61. The van der Waals surface area contributed by atoms with Crippen molar-refractivity contribution >= 4 is 28.2 Å². The predicted octanol–water partition coefficient (Wildman–Crippen LogP) is 3.53.